The number of rotatable bonds is 9. The van der Waals surface area contributed by atoms with E-state index in [-0.39, 0.29) is 18.0 Å². The van der Waals surface area contributed by atoms with Gasteiger partial charge in [-0.25, -0.2) is 5.43 Å². The van der Waals surface area contributed by atoms with E-state index in [9.17, 15) is 14.9 Å². The number of ether oxygens (including phenoxy) is 1. The smallest absolute Gasteiger partial charge is 0.310 e. The van der Waals surface area contributed by atoms with E-state index >= 15 is 0 Å². The van der Waals surface area contributed by atoms with Crippen LogP contribution in [0.5, 0.6) is 5.75 Å². The first-order valence-electron chi connectivity index (χ1n) is 8.58. The lowest BCUT2D eigenvalue weighted by Gasteiger charge is -2.20. The van der Waals surface area contributed by atoms with E-state index in [1.54, 1.807) is 6.07 Å². The predicted octanol–water partition coefficient (Wildman–Crippen LogP) is 2.97. The zero-order valence-corrected chi connectivity index (χ0v) is 15.3. The van der Waals surface area contributed by atoms with Gasteiger partial charge in [0.2, 0.25) is 0 Å². The summed E-state index contributed by atoms with van der Waals surface area (Å²) in [5.74, 6) is -0.474. The third-order valence-electron chi connectivity index (χ3n) is 3.85. The molecule has 0 saturated carbocycles. The number of benzene rings is 2. The molecule has 0 aliphatic carbocycles. The maximum absolute atomic E-state index is 11.8. The number of nitro benzene ring substituents is 1. The molecule has 2 aromatic carbocycles. The number of carbonyl (C=O) groups excluding carboxylic acids is 1. The molecule has 2 aromatic rings. The molecule has 8 nitrogen and oxygen atoms in total. The number of nitrogens with zero attached hydrogens (tertiary/aromatic N) is 3. The maximum atomic E-state index is 11.8. The summed E-state index contributed by atoms with van der Waals surface area (Å²) >= 11 is 0. The highest BCUT2D eigenvalue weighted by atomic mass is 16.6. The molecule has 0 radical (unpaired) electrons. The second kappa shape index (κ2) is 9.91. The number of nitro groups is 1. The Balaban J connectivity index is 1.86. The molecule has 0 bridgehead atoms. The molecule has 0 unspecified atom stereocenters. The number of amides is 1. The van der Waals surface area contributed by atoms with E-state index in [0.29, 0.717) is 0 Å². The lowest BCUT2D eigenvalue weighted by molar-refractivity contribution is -0.385. The van der Waals surface area contributed by atoms with E-state index in [0.717, 1.165) is 24.3 Å². The Hall–Kier alpha value is -3.42. The van der Waals surface area contributed by atoms with Crippen LogP contribution in [0.3, 0.4) is 0 Å². The van der Waals surface area contributed by atoms with Crippen LogP contribution in [-0.4, -0.2) is 36.7 Å². The van der Waals surface area contributed by atoms with Gasteiger partial charge in [-0.05, 0) is 37.6 Å². The van der Waals surface area contributed by atoms with Crippen molar-refractivity contribution in [3.05, 3.63) is 64.2 Å². The molecular formula is C19H22N4O4. The average Bonchev–Trinajstić information content (AvgIpc) is 2.68. The zero-order chi connectivity index (χ0) is 19.6. The lowest BCUT2D eigenvalue weighted by Crippen LogP contribution is -2.24. The van der Waals surface area contributed by atoms with E-state index in [1.165, 1.54) is 24.4 Å². The molecule has 2 rings (SSSR count). The van der Waals surface area contributed by atoms with Gasteiger partial charge in [-0.1, -0.05) is 24.3 Å². The summed E-state index contributed by atoms with van der Waals surface area (Å²) in [4.78, 5) is 24.3. The van der Waals surface area contributed by atoms with Crippen LogP contribution in [0, 0.1) is 10.1 Å². The Bertz CT molecular complexity index is 802. The summed E-state index contributed by atoms with van der Waals surface area (Å²) in [6.45, 7) is 5.68. The topological polar surface area (TPSA) is 97.1 Å². The van der Waals surface area contributed by atoms with Crippen LogP contribution in [0.1, 0.15) is 19.4 Å². The number of hydrazone groups is 1. The largest absolute Gasteiger partial charge is 0.477 e. The SMILES string of the molecule is CCN(CC)c1ccc(/C=N\NC(=O)COc2ccccc2[N+](=O)[O-])cc1. The van der Waals surface area contributed by atoms with Crippen molar-refractivity contribution >= 4 is 23.5 Å². The third-order valence-corrected chi connectivity index (χ3v) is 3.85. The van der Waals surface area contributed by atoms with E-state index in [2.05, 4.69) is 29.3 Å². The van der Waals surface area contributed by atoms with Gasteiger partial charge >= 0.3 is 5.69 Å². The van der Waals surface area contributed by atoms with Crippen molar-refractivity contribution < 1.29 is 14.5 Å². The van der Waals surface area contributed by atoms with Gasteiger partial charge in [0.1, 0.15) is 0 Å². The quantitative estimate of drug-likeness (QED) is 0.416. The van der Waals surface area contributed by atoms with Gasteiger partial charge in [0.25, 0.3) is 5.91 Å². The molecule has 1 N–H and O–H groups in total. The predicted molar refractivity (Wildman–Crippen MR) is 104 cm³/mol. The second-order valence-electron chi connectivity index (χ2n) is 5.57. The summed E-state index contributed by atoms with van der Waals surface area (Å²) in [6.07, 6.45) is 1.52. The first-order chi connectivity index (χ1) is 13.0. The molecule has 142 valence electrons. The molecular weight excluding hydrogens is 348 g/mol. The summed E-state index contributed by atoms with van der Waals surface area (Å²) in [6, 6.07) is 13.7. The Kier molecular flexibility index (Phi) is 7.30. The number of para-hydroxylation sites is 2. The molecule has 0 aliphatic rings. The van der Waals surface area contributed by atoms with Crippen LogP contribution in [0.2, 0.25) is 0 Å². The second-order valence-corrected chi connectivity index (χ2v) is 5.57. The number of anilines is 1. The van der Waals surface area contributed by atoms with Gasteiger partial charge in [-0.3, -0.25) is 14.9 Å². The van der Waals surface area contributed by atoms with E-state index < -0.39 is 10.8 Å². The number of hydrogen-bond acceptors (Lipinski definition) is 6. The highest BCUT2D eigenvalue weighted by Crippen LogP contribution is 2.25. The van der Waals surface area contributed by atoms with E-state index in [1.807, 2.05) is 24.3 Å². The van der Waals surface area contributed by atoms with Gasteiger partial charge in [0, 0.05) is 24.8 Å². The number of carbonyl (C=O) groups is 1. The molecule has 8 heteroatoms. The van der Waals surface area contributed by atoms with E-state index in [4.69, 9.17) is 4.74 Å². The summed E-state index contributed by atoms with van der Waals surface area (Å²) in [5.41, 5.74) is 4.11. The Morgan fingerprint density at radius 2 is 1.85 bits per heavy atom. The van der Waals surface area contributed by atoms with Crippen molar-refractivity contribution in [1.82, 2.24) is 5.43 Å². The summed E-state index contributed by atoms with van der Waals surface area (Å²) in [5, 5.41) is 14.8. The van der Waals surface area contributed by atoms with Gasteiger partial charge in [0.05, 0.1) is 11.1 Å². The van der Waals surface area contributed by atoms with Crippen LogP contribution in [0.15, 0.2) is 53.6 Å². The van der Waals surface area contributed by atoms with Crippen molar-refractivity contribution in [2.75, 3.05) is 24.6 Å². The molecule has 0 fully saturated rings. The Morgan fingerprint density at radius 3 is 2.48 bits per heavy atom. The van der Waals surface area contributed by atoms with Crippen LogP contribution < -0.4 is 15.1 Å². The molecule has 1 amide bonds. The number of hydrogen-bond donors (Lipinski definition) is 1. The summed E-state index contributed by atoms with van der Waals surface area (Å²) < 4.78 is 5.20. The summed E-state index contributed by atoms with van der Waals surface area (Å²) in [7, 11) is 0. The monoisotopic (exact) mass is 370 g/mol. The fourth-order valence-electron chi connectivity index (χ4n) is 2.44. The first kappa shape index (κ1) is 19.9. The van der Waals surface area contributed by atoms with Gasteiger partial charge in [-0.2, -0.15) is 5.10 Å². The number of nitrogens with one attached hydrogen (secondary N) is 1. The fraction of sp³-hybridized carbons (Fsp3) is 0.263. The van der Waals surface area contributed by atoms with Crippen LogP contribution in [0.4, 0.5) is 11.4 Å². The van der Waals surface area contributed by atoms with Crippen LogP contribution in [0.25, 0.3) is 0 Å². The normalized spacial score (nSPS) is 10.6. The zero-order valence-electron chi connectivity index (χ0n) is 15.3. The van der Waals surface area contributed by atoms with Crippen LogP contribution in [-0.2, 0) is 4.79 Å². The third kappa shape index (κ3) is 5.81. The molecule has 0 spiro atoms. The fourth-order valence-corrected chi connectivity index (χ4v) is 2.44. The minimum atomic E-state index is -0.562. The maximum Gasteiger partial charge on any atom is 0.310 e. The van der Waals surface area contributed by atoms with Crippen molar-refractivity contribution in [1.29, 1.82) is 0 Å². The molecule has 0 aliphatic heterocycles. The van der Waals surface area contributed by atoms with Gasteiger partial charge in [0.15, 0.2) is 12.4 Å². The van der Waals surface area contributed by atoms with Gasteiger partial charge in [-0.15, -0.1) is 0 Å². The van der Waals surface area contributed by atoms with Crippen LogP contribution >= 0.6 is 0 Å². The first-order valence-corrected chi connectivity index (χ1v) is 8.58. The minimum absolute atomic E-state index is 0.0358. The van der Waals surface area contributed by atoms with Crippen molar-refractivity contribution in [3.63, 3.8) is 0 Å². The lowest BCUT2D eigenvalue weighted by atomic mass is 10.2. The molecule has 0 heterocycles. The van der Waals surface area contributed by atoms with Crippen molar-refractivity contribution in [2.45, 2.75) is 13.8 Å². The van der Waals surface area contributed by atoms with Gasteiger partial charge < -0.3 is 9.64 Å². The van der Waals surface area contributed by atoms with Crippen molar-refractivity contribution in [3.8, 4) is 5.75 Å². The molecule has 0 saturated heterocycles. The Morgan fingerprint density at radius 1 is 1.19 bits per heavy atom. The standard InChI is InChI=1S/C19H22N4O4/c1-3-22(4-2)16-11-9-15(10-12-16)13-20-21-19(24)14-27-18-8-6-5-7-17(18)23(25)26/h5-13H,3-4,14H2,1-2H3,(H,21,24)/b20-13-. The molecule has 0 aromatic heterocycles. The molecule has 0 atom stereocenters. The Labute approximate surface area is 157 Å². The minimum Gasteiger partial charge on any atom is -0.477 e. The highest BCUT2D eigenvalue weighted by molar-refractivity contribution is 5.83. The average molecular weight is 370 g/mol. The highest BCUT2D eigenvalue weighted by Gasteiger charge is 2.14. The van der Waals surface area contributed by atoms with Crippen molar-refractivity contribution in [2.24, 2.45) is 5.10 Å². The molecule has 27 heavy (non-hydrogen) atoms.